The van der Waals surface area contributed by atoms with Crippen molar-refractivity contribution in [2.75, 3.05) is 0 Å². The van der Waals surface area contributed by atoms with Gasteiger partial charge in [-0.25, -0.2) is 0 Å². The molecule has 0 atom stereocenters. The van der Waals surface area contributed by atoms with Gasteiger partial charge in [0.2, 0.25) is 0 Å². The van der Waals surface area contributed by atoms with E-state index in [2.05, 4.69) is 252 Å². The SMILES string of the molecule is c1ccc(-c2ccc(-c3ccc(-c4ccc(-n5c6ccccc6c6ccccc65)cc4)c(-c4ccc(-n5c6ccccc6c6ccccc65)cc4)c3)c(-c3ccccc3)c2)cc1. The molecule has 12 rings (SSSR count). The largest absolute Gasteiger partial charge is 0.309 e. The molecular formula is C60H40N2. The van der Waals surface area contributed by atoms with Crippen molar-refractivity contribution in [1.29, 1.82) is 0 Å². The molecule has 290 valence electrons. The van der Waals surface area contributed by atoms with Crippen molar-refractivity contribution >= 4 is 43.6 Å². The standard InChI is InChI=1S/C60H40N2/c1-3-15-41(16-4-1)45-31-37-50(55(39-45)42-17-5-2-6-18-42)46-32-38-49(43-27-33-47(34-28-43)61-57-23-11-7-19-51(57)52-20-8-12-24-58(52)61)56(40-46)44-29-35-48(36-30-44)62-59-25-13-9-21-53(59)54-22-10-14-26-60(54)62/h1-40H. The third-order valence-corrected chi connectivity index (χ3v) is 12.6. The zero-order valence-corrected chi connectivity index (χ0v) is 34.0. The molecule has 12 aromatic rings. The van der Waals surface area contributed by atoms with E-state index in [9.17, 15) is 0 Å². The third-order valence-electron chi connectivity index (χ3n) is 12.6. The lowest BCUT2D eigenvalue weighted by atomic mass is 9.87. The summed E-state index contributed by atoms with van der Waals surface area (Å²) in [5, 5.41) is 5.06. The maximum absolute atomic E-state index is 2.40. The van der Waals surface area contributed by atoms with Crippen LogP contribution in [0.3, 0.4) is 0 Å². The first kappa shape index (κ1) is 35.7. The maximum Gasteiger partial charge on any atom is 0.0541 e. The van der Waals surface area contributed by atoms with Crippen LogP contribution >= 0.6 is 0 Å². The monoisotopic (exact) mass is 788 g/mol. The van der Waals surface area contributed by atoms with Gasteiger partial charge in [0.1, 0.15) is 0 Å². The Labute approximate surface area is 360 Å². The minimum Gasteiger partial charge on any atom is -0.309 e. The van der Waals surface area contributed by atoms with Crippen LogP contribution in [0.15, 0.2) is 243 Å². The van der Waals surface area contributed by atoms with Crippen molar-refractivity contribution < 1.29 is 0 Å². The van der Waals surface area contributed by atoms with Crippen molar-refractivity contribution in [3.8, 4) is 67.0 Å². The van der Waals surface area contributed by atoms with Crippen LogP contribution in [0, 0.1) is 0 Å². The molecule has 62 heavy (non-hydrogen) atoms. The quantitative estimate of drug-likeness (QED) is 0.152. The first-order valence-corrected chi connectivity index (χ1v) is 21.3. The van der Waals surface area contributed by atoms with Crippen molar-refractivity contribution in [3.05, 3.63) is 243 Å². The highest BCUT2D eigenvalue weighted by Gasteiger charge is 2.17. The number of hydrogen-bond donors (Lipinski definition) is 0. The first-order chi connectivity index (χ1) is 30.8. The molecule has 0 bridgehead atoms. The Bertz CT molecular complexity index is 3490. The summed E-state index contributed by atoms with van der Waals surface area (Å²) in [6.07, 6.45) is 0. The molecule has 0 fully saturated rings. The smallest absolute Gasteiger partial charge is 0.0541 e. The average Bonchev–Trinajstić information content (AvgIpc) is 3.87. The third kappa shape index (κ3) is 5.96. The fourth-order valence-corrected chi connectivity index (χ4v) is 9.65. The Morgan fingerprint density at radius 1 is 0.194 bits per heavy atom. The number of para-hydroxylation sites is 4. The predicted molar refractivity (Wildman–Crippen MR) is 262 cm³/mol. The van der Waals surface area contributed by atoms with Gasteiger partial charge in [-0.1, -0.05) is 182 Å². The minimum atomic E-state index is 1.14. The van der Waals surface area contributed by atoms with Crippen LogP contribution in [-0.4, -0.2) is 9.13 Å². The second-order valence-corrected chi connectivity index (χ2v) is 16.1. The number of fused-ring (bicyclic) bond motifs is 6. The second kappa shape index (κ2) is 14.8. The van der Waals surface area contributed by atoms with Gasteiger partial charge in [0, 0.05) is 32.9 Å². The van der Waals surface area contributed by atoms with Crippen LogP contribution in [0.25, 0.3) is 111 Å². The molecule has 2 nitrogen and oxygen atoms in total. The second-order valence-electron chi connectivity index (χ2n) is 16.1. The lowest BCUT2D eigenvalue weighted by Gasteiger charge is -2.17. The molecule has 0 unspecified atom stereocenters. The number of rotatable bonds is 7. The van der Waals surface area contributed by atoms with Gasteiger partial charge < -0.3 is 9.13 Å². The molecule has 0 saturated heterocycles. The molecule has 0 radical (unpaired) electrons. The van der Waals surface area contributed by atoms with Gasteiger partial charge in [-0.2, -0.15) is 0 Å². The Balaban J connectivity index is 1.02. The number of nitrogens with zero attached hydrogens (tertiary/aromatic N) is 2. The summed E-state index contributed by atoms with van der Waals surface area (Å²) in [5.41, 5.74) is 19.0. The van der Waals surface area contributed by atoms with E-state index in [4.69, 9.17) is 0 Å². The Kier molecular flexibility index (Phi) is 8.53. The summed E-state index contributed by atoms with van der Waals surface area (Å²) in [5.74, 6) is 0. The summed E-state index contributed by atoms with van der Waals surface area (Å²) in [6.45, 7) is 0. The highest BCUT2D eigenvalue weighted by atomic mass is 15.0. The van der Waals surface area contributed by atoms with Gasteiger partial charge >= 0.3 is 0 Å². The summed E-state index contributed by atoms with van der Waals surface area (Å²) >= 11 is 0. The molecular weight excluding hydrogens is 749 g/mol. The van der Waals surface area contributed by atoms with E-state index in [0.29, 0.717) is 0 Å². The summed E-state index contributed by atoms with van der Waals surface area (Å²) in [4.78, 5) is 0. The lowest BCUT2D eigenvalue weighted by Crippen LogP contribution is -1.95. The molecule has 0 aliphatic heterocycles. The topological polar surface area (TPSA) is 9.86 Å². The van der Waals surface area contributed by atoms with Crippen LogP contribution in [0.5, 0.6) is 0 Å². The molecule has 0 aliphatic carbocycles. The molecule has 10 aromatic carbocycles. The van der Waals surface area contributed by atoms with Crippen LogP contribution in [-0.2, 0) is 0 Å². The van der Waals surface area contributed by atoms with Gasteiger partial charge in [0.15, 0.2) is 0 Å². The van der Waals surface area contributed by atoms with Crippen LogP contribution in [0.1, 0.15) is 0 Å². The Morgan fingerprint density at radius 2 is 0.500 bits per heavy atom. The molecule has 0 saturated carbocycles. The number of aromatic nitrogens is 2. The van der Waals surface area contributed by atoms with Crippen molar-refractivity contribution in [3.63, 3.8) is 0 Å². The summed E-state index contributed by atoms with van der Waals surface area (Å²) in [7, 11) is 0. The highest BCUT2D eigenvalue weighted by molar-refractivity contribution is 6.10. The van der Waals surface area contributed by atoms with E-state index in [1.807, 2.05) is 0 Å². The normalized spacial score (nSPS) is 11.5. The van der Waals surface area contributed by atoms with E-state index in [0.717, 1.165) is 11.4 Å². The first-order valence-electron chi connectivity index (χ1n) is 21.3. The van der Waals surface area contributed by atoms with E-state index in [1.54, 1.807) is 0 Å². The van der Waals surface area contributed by atoms with Gasteiger partial charge in [-0.3, -0.25) is 0 Å². The highest BCUT2D eigenvalue weighted by Crippen LogP contribution is 2.42. The molecule has 0 amide bonds. The molecule has 0 spiro atoms. The van der Waals surface area contributed by atoms with Gasteiger partial charge in [-0.15, -0.1) is 0 Å². The number of hydrogen-bond acceptors (Lipinski definition) is 0. The van der Waals surface area contributed by atoms with Crippen LogP contribution < -0.4 is 0 Å². The molecule has 2 heterocycles. The summed E-state index contributed by atoms with van der Waals surface area (Å²) < 4.78 is 4.77. The molecule has 0 aliphatic rings. The van der Waals surface area contributed by atoms with E-state index >= 15 is 0 Å². The number of benzene rings is 10. The molecule has 2 heteroatoms. The Morgan fingerprint density at radius 3 is 0.952 bits per heavy atom. The van der Waals surface area contributed by atoms with Crippen molar-refractivity contribution in [1.82, 2.24) is 9.13 Å². The molecule has 2 aromatic heterocycles. The average molecular weight is 789 g/mol. The zero-order valence-electron chi connectivity index (χ0n) is 34.0. The summed E-state index contributed by atoms with van der Waals surface area (Å²) in [6, 6.07) is 88.5. The lowest BCUT2D eigenvalue weighted by molar-refractivity contribution is 1.18. The maximum atomic E-state index is 2.40. The van der Waals surface area contributed by atoms with E-state index in [1.165, 1.54) is 99.2 Å². The molecule has 0 N–H and O–H groups in total. The fraction of sp³-hybridized carbons (Fsp3) is 0. The minimum absolute atomic E-state index is 1.14. The van der Waals surface area contributed by atoms with Crippen molar-refractivity contribution in [2.24, 2.45) is 0 Å². The van der Waals surface area contributed by atoms with Gasteiger partial charge in [0.25, 0.3) is 0 Å². The van der Waals surface area contributed by atoms with Gasteiger partial charge in [-0.05, 0) is 116 Å². The Hall–Kier alpha value is -8.20. The van der Waals surface area contributed by atoms with Gasteiger partial charge in [0.05, 0.1) is 22.1 Å². The van der Waals surface area contributed by atoms with Crippen LogP contribution in [0.2, 0.25) is 0 Å². The van der Waals surface area contributed by atoms with Crippen molar-refractivity contribution in [2.45, 2.75) is 0 Å². The predicted octanol–water partition coefficient (Wildman–Crippen LogP) is 16.2. The van der Waals surface area contributed by atoms with E-state index < -0.39 is 0 Å². The van der Waals surface area contributed by atoms with Crippen LogP contribution in [0.4, 0.5) is 0 Å². The zero-order chi connectivity index (χ0) is 41.0. The van der Waals surface area contributed by atoms with E-state index in [-0.39, 0.29) is 0 Å². The fourth-order valence-electron chi connectivity index (χ4n) is 9.65.